The molecule has 21 heavy (non-hydrogen) atoms. The van der Waals surface area contributed by atoms with Crippen LogP contribution in [0.3, 0.4) is 0 Å². The zero-order valence-corrected chi connectivity index (χ0v) is 12.0. The maximum atomic E-state index is 12.2. The molecular formula is C17H21N3O. The second kappa shape index (κ2) is 6.14. The Bertz CT molecular complexity index is 635. The molecule has 0 aromatic heterocycles. The van der Waals surface area contributed by atoms with Gasteiger partial charge >= 0.3 is 6.03 Å². The van der Waals surface area contributed by atoms with E-state index in [1.54, 1.807) is 0 Å². The van der Waals surface area contributed by atoms with Crippen LogP contribution < -0.4 is 16.4 Å². The number of nitrogens with one attached hydrogen (secondary N) is 2. The van der Waals surface area contributed by atoms with E-state index >= 15 is 0 Å². The van der Waals surface area contributed by atoms with E-state index in [1.165, 1.54) is 0 Å². The van der Waals surface area contributed by atoms with Gasteiger partial charge in [0, 0.05) is 17.5 Å². The van der Waals surface area contributed by atoms with Crippen LogP contribution in [0, 0.1) is 0 Å². The molecule has 0 spiro atoms. The van der Waals surface area contributed by atoms with Crippen LogP contribution in [0.15, 0.2) is 42.5 Å². The van der Waals surface area contributed by atoms with Gasteiger partial charge in [0.2, 0.25) is 0 Å². The molecule has 4 heteroatoms. The number of nitrogens with two attached hydrogens (primary N) is 1. The van der Waals surface area contributed by atoms with Crippen molar-refractivity contribution >= 4 is 22.5 Å². The first-order chi connectivity index (χ1) is 10.2. The third-order valence-corrected chi connectivity index (χ3v) is 4.17. The van der Waals surface area contributed by atoms with Crippen LogP contribution in [0.25, 0.3) is 10.8 Å². The molecule has 4 N–H and O–H groups in total. The summed E-state index contributed by atoms with van der Waals surface area (Å²) >= 11 is 0. The van der Waals surface area contributed by atoms with E-state index in [4.69, 9.17) is 5.73 Å². The quantitative estimate of drug-likeness (QED) is 0.792. The lowest BCUT2D eigenvalue weighted by molar-refractivity contribution is 0.240. The van der Waals surface area contributed by atoms with Crippen molar-refractivity contribution in [1.29, 1.82) is 0 Å². The molecule has 1 saturated carbocycles. The number of carbonyl (C=O) groups excluding carboxylic acids is 1. The second-order valence-electron chi connectivity index (χ2n) is 5.68. The second-order valence-corrected chi connectivity index (χ2v) is 5.68. The first-order valence-electron chi connectivity index (χ1n) is 7.55. The highest BCUT2D eigenvalue weighted by Gasteiger charge is 2.23. The molecule has 4 nitrogen and oxygen atoms in total. The summed E-state index contributed by atoms with van der Waals surface area (Å²) in [5.74, 6) is 0. The predicted molar refractivity (Wildman–Crippen MR) is 86.3 cm³/mol. The van der Waals surface area contributed by atoms with Gasteiger partial charge in [-0.25, -0.2) is 4.79 Å². The van der Waals surface area contributed by atoms with Gasteiger partial charge in [0.25, 0.3) is 0 Å². The number of amides is 2. The molecule has 0 radical (unpaired) electrons. The molecule has 2 amide bonds. The molecule has 2 atom stereocenters. The summed E-state index contributed by atoms with van der Waals surface area (Å²) in [7, 11) is 0. The van der Waals surface area contributed by atoms with E-state index in [0.29, 0.717) is 0 Å². The fourth-order valence-electron chi connectivity index (χ4n) is 3.00. The van der Waals surface area contributed by atoms with E-state index in [1.807, 2.05) is 42.5 Å². The average Bonchev–Trinajstić information content (AvgIpc) is 2.50. The van der Waals surface area contributed by atoms with Gasteiger partial charge in [-0.1, -0.05) is 49.2 Å². The van der Waals surface area contributed by atoms with Crippen molar-refractivity contribution in [2.24, 2.45) is 5.73 Å². The first kappa shape index (κ1) is 13.9. The molecule has 2 aromatic carbocycles. The van der Waals surface area contributed by atoms with Crippen LogP contribution in [0.4, 0.5) is 10.5 Å². The van der Waals surface area contributed by atoms with E-state index in [0.717, 1.165) is 42.1 Å². The van der Waals surface area contributed by atoms with Gasteiger partial charge in [-0.3, -0.25) is 0 Å². The molecule has 1 fully saturated rings. The fourth-order valence-corrected chi connectivity index (χ4v) is 3.00. The molecule has 1 aliphatic carbocycles. The summed E-state index contributed by atoms with van der Waals surface area (Å²) in [5.41, 5.74) is 6.90. The van der Waals surface area contributed by atoms with Gasteiger partial charge in [-0.15, -0.1) is 0 Å². The smallest absolute Gasteiger partial charge is 0.319 e. The van der Waals surface area contributed by atoms with Crippen LogP contribution in [0.1, 0.15) is 25.7 Å². The standard InChI is InChI=1S/C17H21N3O/c18-14-9-3-4-10-16(14)20-17(21)19-15-11-5-7-12-6-1-2-8-13(12)15/h1-2,5-8,11,14,16H,3-4,9-10,18H2,(H2,19,20,21). The lowest BCUT2D eigenvalue weighted by atomic mass is 9.91. The molecule has 2 aromatic rings. The zero-order chi connectivity index (χ0) is 14.7. The van der Waals surface area contributed by atoms with E-state index in [9.17, 15) is 4.79 Å². The number of carbonyl (C=O) groups is 1. The minimum atomic E-state index is -0.172. The van der Waals surface area contributed by atoms with Crippen LogP contribution >= 0.6 is 0 Å². The van der Waals surface area contributed by atoms with Crippen LogP contribution in [-0.2, 0) is 0 Å². The van der Waals surface area contributed by atoms with Gasteiger partial charge in [0.15, 0.2) is 0 Å². The maximum absolute atomic E-state index is 12.2. The first-order valence-corrected chi connectivity index (χ1v) is 7.55. The summed E-state index contributed by atoms with van der Waals surface area (Å²) in [5, 5.41) is 8.11. The third-order valence-electron chi connectivity index (χ3n) is 4.17. The van der Waals surface area contributed by atoms with Crippen molar-refractivity contribution in [2.45, 2.75) is 37.8 Å². The SMILES string of the molecule is NC1CCCCC1NC(=O)Nc1cccc2ccccc12. The molecular weight excluding hydrogens is 262 g/mol. The molecule has 2 unspecified atom stereocenters. The van der Waals surface area contributed by atoms with Crippen LogP contribution in [-0.4, -0.2) is 18.1 Å². The molecule has 0 bridgehead atoms. The van der Waals surface area contributed by atoms with Crippen molar-refractivity contribution in [1.82, 2.24) is 5.32 Å². The summed E-state index contributed by atoms with van der Waals surface area (Å²) in [4.78, 5) is 12.2. The summed E-state index contributed by atoms with van der Waals surface area (Å²) in [6.07, 6.45) is 4.24. The highest BCUT2D eigenvalue weighted by atomic mass is 16.2. The number of benzene rings is 2. The Balaban J connectivity index is 1.71. The van der Waals surface area contributed by atoms with Crippen molar-refractivity contribution < 1.29 is 4.79 Å². The highest BCUT2D eigenvalue weighted by molar-refractivity contribution is 6.01. The Kier molecular flexibility index (Phi) is 4.06. The minimum Gasteiger partial charge on any atom is -0.334 e. The Morgan fingerprint density at radius 1 is 1.05 bits per heavy atom. The minimum absolute atomic E-state index is 0.0667. The largest absolute Gasteiger partial charge is 0.334 e. The topological polar surface area (TPSA) is 67.1 Å². The van der Waals surface area contributed by atoms with Gasteiger partial charge in [0.05, 0.1) is 5.69 Å². The number of urea groups is 1. The highest BCUT2D eigenvalue weighted by Crippen LogP contribution is 2.23. The number of fused-ring (bicyclic) bond motifs is 1. The van der Waals surface area contributed by atoms with E-state index < -0.39 is 0 Å². The number of hydrogen-bond donors (Lipinski definition) is 3. The van der Waals surface area contributed by atoms with E-state index in [2.05, 4.69) is 10.6 Å². The van der Waals surface area contributed by atoms with E-state index in [-0.39, 0.29) is 18.1 Å². The van der Waals surface area contributed by atoms with Crippen molar-refractivity contribution in [3.05, 3.63) is 42.5 Å². The Hall–Kier alpha value is -2.07. The van der Waals surface area contributed by atoms with Crippen molar-refractivity contribution in [3.63, 3.8) is 0 Å². The van der Waals surface area contributed by atoms with Crippen molar-refractivity contribution in [3.8, 4) is 0 Å². The van der Waals surface area contributed by atoms with Crippen LogP contribution in [0.2, 0.25) is 0 Å². The van der Waals surface area contributed by atoms with Gasteiger partial charge in [0.1, 0.15) is 0 Å². The molecule has 1 aliphatic rings. The molecule has 0 heterocycles. The van der Waals surface area contributed by atoms with Gasteiger partial charge in [-0.2, -0.15) is 0 Å². The summed E-state index contributed by atoms with van der Waals surface area (Å²) in [6.45, 7) is 0. The van der Waals surface area contributed by atoms with Crippen LogP contribution in [0.5, 0.6) is 0 Å². The third kappa shape index (κ3) is 3.16. The number of rotatable bonds is 2. The molecule has 3 rings (SSSR count). The Morgan fingerprint density at radius 2 is 1.81 bits per heavy atom. The average molecular weight is 283 g/mol. The normalized spacial score (nSPS) is 22.0. The predicted octanol–water partition coefficient (Wildman–Crippen LogP) is 3.23. The molecule has 0 aliphatic heterocycles. The van der Waals surface area contributed by atoms with Gasteiger partial charge < -0.3 is 16.4 Å². The molecule has 0 saturated heterocycles. The molecule has 110 valence electrons. The number of anilines is 1. The lowest BCUT2D eigenvalue weighted by Crippen LogP contribution is -2.50. The Labute approximate surface area is 124 Å². The maximum Gasteiger partial charge on any atom is 0.319 e. The summed E-state index contributed by atoms with van der Waals surface area (Å²) in [6, 6.07) is 13.9. The fraction of sp³-hybridized carbons (Fsp3) is 0.353. The summed E-state index contributed by atoms with van der Waals surface area (Å²) < 4.78 is 0. The monoisotopic (exact) mass is 283 g/mol. The lowest BCUT2D eigenvalue weighted by Gasteiger charge is -2.29. The zero-order valence-electron chi connectivity index (χ0n) is 12.0. The number of hydrogen-bond acceptors (Lipinski definition) is 2. The van der Waals surface area contributed by atoms with Gasteiger partial charge in [-0.05, 0) is 24.3 Å². The van der Waals surface area contributed by atoms with Crippen molar-refractivity contribution in [2.75, 3.05) is 5.32 Å². The Morgan fingerprint density at radius 3 is 2.67 bits per heavy atom.